The zero-order valence-electron chi connectivity index (χ0n) is 12.6. The molecule has 1 amide bonds. The second kappa shape index (κ2) is 8.98. The normalized spacial score (nSPS) is 12.4. The van der Waals surface area contributed by atoms with Crippen molar-refractivity contribution in [1.29, 1.82) is 0 Å². The molecular weight excluding hydrogens is 272 g/mol. The van der Waals surface area contributed by atoms with Crippen LogP contribution in [0, 0.1) is 5.92 Å². The van der Waals surface area contributed by atoms with Crippen molar-refractivity contribution in [3.8, 4) is 0 Å². The zero-order chi connectivity index (χ0) is 15.0. The Morgan fingerprint density at radius 2 is 1.90 bits per heavy atom. The summed E-state index contributed by atoms with van der Waals surface area (Å²) in [5.41, 5.74) is 0.661. The van der Waals surface area contributed by atoms with Crippen LogP contribution in [0.15, 0.2) is 24.3 Å². The first-order valence-corrected chi connectivity index (χ1v) is 7.64. The van der Waals surface area contributed by atoms with Gasteiger partial charge in [-0.3, -0.25) is 4.79 Å². The summed E-state index contributed by atoms with van der Waals surface area (Å²) < 4.78 is 0. The molecule has 0 aliphatic carbocycles. The van der Waals surface area contributed by atoms with Gasteiger partial charge in [0.15, 0.2) is 0 Å². The van der Waals surface area contributed by atoms with Crippen LogP contribution in [0.4, 0.5) is 5.69 Å². The lowest BCUT2D eigenvalue weighted by atomic mass is 10.0. The number of nitrogens with one attached hydrogen (secondary N) is 2. The van der Waals surface area contributed by atoms with E-state index >= 15 is 0 Å². The molecule has 1 rings (SSSR count). The molecule has 20 heavy (non-hydrogen) atoms. The van der Waals surface area contributed by atoms with Crippen LogP contribution in [0.5, 0.6) is 0 Å². The van der Waals surface area contributed by atoms with Crippen molar-refractivity contribution in [3.05, 3.63) is 29.3 Å². The lowest BCUT2D eigenvalue weighted by molar-refractivity contribution is -0.115. The Morgan fingerprint density at radius 3 is 2.55 bits per heavy atom. The van der Waals surface area contributed by atoms with Gasteiger partial charge in [0.1, 0.15) is 0 Å². The molecule has 1 aromatic carbocycles. The number of hydrogen-bond acceptors (Lipinski definition) is 2. The third-order valence-corrected chi connectivity index (χ3v) is 3.51. The second-order valence-electron chi connectivity index (χ2n) is 5.63. The van der Waals surface area contributed by atoms with Gasteiger partial charge in [-0.2, -0.15) is 0 Å². The predicted molar refractivity (Wildman–Crippen MR) is 86.2 cm³/mol. The molecule has 0 aromatic heterocycles. The molecule has 0 aliphatic heterocycles. The molecule has 0 bridgehead atoms. The Hall–Kier alpha value is -1.06. The quantitative estimate of drug-likeness (QED) is 0.759. The van der Waals surface area contributed by atoms with Crippen LogP contribution in [0.1, 0.15) is 40.0 Å². The fraction of sp³-hybridized carbons (Fsp3) is 0.562. The predicted octanol–water partition coefficient (Wildman–Crippen LogP) is 4.08. The summed E-state index contributed by atoms with van der Waals surface area (Å²) in [6.07, 6.45) is 3.52. The smallest absolute Gasteiger partial charge is 0.238 e. The van der Waals surface area contributed by atoms with Crippen LogP contribution in [0.25, 0.3) is 0 Å². The van der Waals surface area contributed by atoms with Crippen LogP contribution in [-0.4, -0.2) is 18.5 Å². The van der Waals surface area contributed by atoms with Crippen molar-refractivity contribution >= 4 is 23.2 Å². The van der Waals surface area contributed by atoms with E-state index in [1.165, 1.54) is 12.8 Å². The monoisotopic (exact) mass is 296 g/mol. The Bertz CT molecular complexity index is 421. The lowest BCUT2D eigenvalue weighted by Gasteiger charge is -2.14. The molecule has 0 heterocycles. The largest absolute Gasteiger partial charge is 0.324 e. The van der Waals surface area contributed by atoms with E-state index in [4.69, 9.17) is 11.6 Å². The minimum absolute atomic E-state index is 0.0613. The first kappa shape index (κ1) is 17.0. The molecule has 112 valence electrons. The average molecular weight is 297 g/mol. The topological polar surface area (TPSA) is 41.1 Å². The number of para-hydroxylation sites is 1. The number of carbonyl (C=O) groups is 1. The third kappa shape index (κ3) is 6.92. The summed E-state index contributed by atoms with van der Waals surface area (Å²) in [5.74, 6) is 0.680. The average Bonchev–Trinajstić information content (AvgIpc) is 2.39. The number of hydrogen-bond donors (Lipinski definition) is 2. The maximum absolute atomic E-state index is 11.8. The summed E-state index contributed by atoms with van der Waals surface area (Å²) in [7, 11) is 0. The standard InChI is InChI=1S/C16H25ClN2O/c1-12(2)7-6-8-13(3)18-11-16(20)19-15-10-5-4-9-14(15)17/h4-5,9-10,12-13,18H,6-8,11H2,1-3H3,(H,19,20). The van der Waals surface area contributed by atoms with Gasteiger partial charge in [0, 0.05) is 6.04 Å². The van der Waals surface area contributed by atoms with Crippen LogP contribution in [-0.2, 0) is 4.79 Å². The van der Waals surface area contributed by atoms with Crippen LogP contribution < -0.4 is 10.6 Å². The van der Waals surface area contributed by atoms with Crippen molar-refractivity contribution in [1.82, 2.24) is 5.32 Å². The van der Waals surface area contributed by atoms with Crippen molar-refractivity contribution in [3.63, 3.8) is 0 Å². The molecule has 1 aromatic rings. The highest BCUT2D eigenvalue weighted by molar-refractivity contribution is 6.33. The van der Waals surface area contributed by atoms with Crippen molar-refractivity contribution in [2.45, 2.75) is 46.1 Å². The minimum atomic E-state index is -0.0613. The van der Waals surface area contributed by atoms with Crippen LogP contribution in [0.3, 0.4) is 0 Å². The summed E-state index contributed by atoms with van der Waals surface area (Å²) in [6, 6.07) is 7.60. The summed E-state index contributed by atoms with van der Waals surface area (Å²) in [6.45, 7) is 6.89. The maximum atomic E-state index is 11.8. The Balaban J connectivity index is 2.24. The number of halogens is 1. The molecule has 1 atom stereocenters. The summed E-state index contributed by atoms with van der Waals surface area (Å²) in [4.78, 5) is 11.8. The zero-order valence-corrected chi connectivity index (χ0v) is 13.3. The Morgan fingerprint density at radius 1 is 1.20 bits per heavy atom. The molecular formula is C16H25ClN2O. The minimum Gasteiger partial charge on any atom is -0.324 e. The summed E-state index contributed by atoms with van der Waals surface area (Å²) in [5, 5.41) is 6.61. The molecule has 2 N–H and O–H groups in total. The second-order valence-corrected chi connectivity index (χ2v) is 6.04. The summed E-state index contributed by atoms with van der Waals surface area (Å²) >= 11 is 5.99. The van der Waals surface area contributed by atoms with E-state index in [2.05, 4.69) is 31.4 Å². The van der Waals surface area contributed by atoms with Gasteiger partial charge in [0.05, 0.1) is 17.3 Å². The van der Waals surface area contributed by atoms with Gasteiger partial charge >= 0.3 is 0 Å². The SMILES string of the molecule is CC(C)CCCC(C)NCC(=O)Nc1ccccc1Cl. The molecule has 3 nitrogen and oxygen atoms in total. The van der Waals surface area contributed by atoms with Crippen molar-refractivity contribution < 1.29 is 4.79 Å². The van der Waals surface area contributed by atoms with Gasteiger partial charge in [-0.25, -0.2) is 0 Å². The lowest BCUT2D eigenvalue weighted by Crippen LogP contribution is -2.34. The van der Waals surface area contributed by atoms with Crippen molar-refractivity contribution in [2.24, 2.45) is 5.92 Å². The van der Waals surface area contributed by atoms with E-state index in [0.29, 0.717) is 23.3 Å². The van der Waals surface area contributed by atoms with E-state index in [-0.39, 0.29) is 5.91 Å². The van der Waals surface area contributed by atoms with Crippen molar-refractivity contribution in [2.75, 3.05) is 11.9 Å². The van der Waals surface area contributed by atoms with E-state index in [0.717, 1.165) is 12.3 Å². The highest BCUT2D eigenvalue weighted by atomic mass is 35.5. The first-order valence-electron chi connectivity index (χ1n) is 7.26. The number of carbonyl (C=O) groups excluding carboxylic acids is 1. The van der Waals surface area contributed by atoms with E-state index in [1.807, 2.05) is 12.1 Å². The molecule has 0 spiro atoms. The molecule has 0 radical (unpaired) electrons. The van der Waals surface area contributed by atoms with E-state index in [9.17, 15) is 4.79 Å². The number of benzene rings is 1. The molecule has 0 saturated carbocycles. The Labute approximate surface area is 127 Å². The molecule has 0 saturated heterocycles. The van der Waals surface area contributed by atoms with Gasteiger partial charge in [-0.15, -0.1) is 0 Å². The fourth-order valence-electron chi connectivity index (χ4n) is 1.96. The van der Waals surface area contributed by atoms with Gasteiger partial charge in [-0.1, -0.05) is 50.4 Å². The molecule has 1 unspecified atom stereocenters. The third-order valence-electron chi connectivity index (χ3n) is 3.18. The molecule has 0 aliphatic rings. The van der Waals surface area contributed by atoms with Gasteiger partial charge in [0.25, 0.3) is 0 Å². The number of rotatable bonds is 8. The Kier molecular flexibility index (Phi) is 7.63. The fourth-order valence-corrected chi connectivity index (χ4v) is 2.14. The van der Waals surface area contributed by atoms with E-state index < -0.39 is 0 Å². The molecule has 0 fully saturated rings. The highest BCUT2D eigenvalue weighted by Gasteiger charge is 2.07. The first-order chi connectivity index (χ1) is 9.49. The number of anilines is 1. The van der Waals surface area contributed by atoms with Crippen LogP contribution >= 0.6 is 11.6 Å². The van der Waals surface area contributed by atoms with Crippen LogP contribution in [0.2, 0.25) is 5.02 Å². The highest BCUT2D eigenvalue weighted by Crippen LogP contribution is 2.20. The van der Waals surface area contributed by atoms with Gasteiger partial charge in [-0.05, 0) is 31.4 Å². The number of amides is 1. The van der Waals surface area contributed by atoms with E-state index in [1.54, 1.807) is 12.1 Å². The maximum Gasteiger partial charge on any atom is 0.238 e. The van der Waals surface area contributed by atoms with Gasteiger partial charge in [0.2, 0.25) is 5.91 Å². The van der Waals surface area contributed by atoms with Gasteiger partial charge < -0.3 is 10.6 Å². The molecule has 4 heteroatoms.